The Morgan fingerprint density at radius 3 is 2.52 bits per heavy atom. The summed E-state index contributed by atoms with van der Waals surface area (Å²) in [6.07, 6.45) is 10.9. The summed E-state index contributed by atoms with van der Waals surface area (Å²) in [5.74, 6) is 0.121. The van der Waals surface area contributed by atoms with Gasteiger partial charge >= 0.3 is 0 Å². The molecule has 25 heavy (non-hydrogen) atoms. The van der Waals surface area contributed by atoms with Gasteiger partial charge in [-0.25, -0.2) is 0 Å². The number of para-hydroxylation sites is 1. The molecule has 3 rings (SSSR count). The first kappa shape index (κ1) is 18.0. The predicted molar refractivity (Wildman–Crippen MR) is 105 cm³/mol. The molecule has 1 aromatic heterocycles. The van der Waals surface area contributed by atoms with Crippen LogP contribution in [0, 0.1) is 6.92 Å². The topological polar surface area (TPSA) is 34.0 Å². The fraction of sp³-hybridized carbons (Fsp3) is 0.591. The van der Waals surface area contributed by atoms with E-state index in [0.29, 0.717) is 6.04 Å². The molecule has 1 aliphatic rings. The van der Waals surface area contributed by atoms with Crippen LogP contribution in [-0.4, -0.2) is 16.5 Å². The van der Waals surface area contributed by atoms with E-state index in [9.17, 15) is 4.79 Å². The van der Waals surface area contributed by atoms with Crippen LogP contribution in [0.15, 0.2) is 24.3 Å². The highest BCUT2D eigenvalue weighted by atomic mass is 16.2. The average molecular weight is 341 g/mol. The number of aryl methyl sites for hydroxylation is 2. The van der Waals surface area contributed by atoms with E-state index in [1.807, 2.05) is 0 Å². The van der Waals surface area contributed by atoms with Crippen molar-refractivity contribution in [2.45, 2.75) is 84.2 Å². The van der Waals surface area contributed by atoms with E-state index in [2.05, 4.69) is 48.0 Å². The second kappa shape index (κ2) is 8.55. The number of amides is 1. The molecule has 0 saturated heterocycles. The number of hydrogen-bond acceptors (Lipinski definition) is 1. The number of hydrogen-bond donors (Lipinski definition) is 1. The van der Waals surface area contributed by atoms with Crippen LogP contribution in [0.1, 0.15) is 80.8 Å². The number of aromatic nitrogens is 1. The van der Waals surface area contributed by atoms with Gasteiger partial charge < -0.3 is 9.88 Å². The van der Waals surface area contributed by atoms with Crippen LogP contribution in [0.3, 0.4) is 0 Å². The summed E-state index contributed by atoms with van der Waals surface area (Å²) < 4.78 is 2.24. The van der Waals surface area contributed by atoms with Crippen LogP contribution in [0.2, 0.25) is 0 Å². The molecule has 1 amide bonds. The Bertz CT molecular complexity index is 708. The van der Waals surface area contributed by atoms with E-state index in [1.54, 1.807) is 0 Å². The Labute approximate surface area is 151 Å². The lowest BCUT2D eigenvalue weighted by Crippen LogP contribution is -2.36. The van der Waals surface area contributed by atoms with Crippen LogP contribution in [-0.2, 0) is 6.54 Å². The monoisotopic (exact) mass is 340 g/mol. The lowest BCUT2D eigenvalue weighted by molar-refractivity contribution is 0.0920. The molecular formula is C22H32N2O. The first-order valence-electron chi connectivity index (χ1n) is 10.1. The van der Waals surface area contributed by atoms with Gasteiger partial charge in [-0.1, -0.05) is 63.6 Å². The second-order valence-corrected chi connectivity index (χ2v) is 7.51. The molecule has 1 aromatic carbocycles. The average Bonchev–Trinajstić information content (AvgIpc) is 2.88. The van der Waals surface area contributed by atoms with Crippen LogP contribution in [0.25, 0.3) is 10.9 Å². The van der Waals surface area contributed by atoms with Gasteiger partial charge in [0.15, 0.2) is 0 Å². The van der Waals surface area contributed by atoms with Gasteiger partial charge in [-0.3, -0.25) is 4.79 Å². The maximum atomic E-state index is 13.2. The summed E-state index contributed by atoms with van der Waals surface area (Å²) in [6.45, 7) is 5.21. The molecule has 1 N–H and O–H groups in total. The van der Waals surface area contributed by atoms with Gasteiger partial charge in [-0.15, -0.1) is 0 Å². The third-order valence-corrected chi connectivity index (χ3v) is 5.61. The molecule has 0 radical (unpaired) electrons. The number of carbonyl (C=O) groups is 1. The first-order valence-corrected chi connectivity index (χ1v) is 10.1. The molecule has 136 valence electrons. The zero-order valence-electron chi connectivity index (χ0n) is 15.8. The van der Waals surface area contributed by atoms with Crippen LogP contribution in [0.4, 0.5) is 0 Å². The molecule has 2 aromatic rings. The summed E-state index contributed by atoms with van der Waals surface area (Å²) in [4.78, 5) is 13.2. The van der Waals surface area contributed by atoms with E-state index in [0.717, 1.165) is 43.5 Å². The van der Waals surface area contributed by atoms with Crippen molar-refractivity contribution in [1.82, 2.24) is 9.88 Å². The van der Waals surface area contributed by atoms with E-state index in [1.165, 1.54) is 43.0 Å². The summed E-state index contributed by atoms with van der Waals surface area (Å²) in [6, 6.07) is 8.76. The maximum Gasteiger partial charge on any atom is 0.268 e. The largest absolute Gasteiger partial charge is 0.348 e. The third kappa shape index (κ3) is 4.08. The molecule has 1 aliphatic carbocycles. The van der Waals surface area contributed by atoms with Gasteiger partial charge in [-0.05, 0) is 37.8 Å². The number of rotatable bonds is 5. The molecule has 3 heteroatoms. The zero-order valence-corrected chi connectivity index (χ0v) is 15.8. The number of nitrogens with zero attached hydrogens (tertiary/aromatic N) is 1. The molecule has 0 aliphatic heterocycles. The molecule has 1 saturated carbocycles. The summed E-state index contributed by atoms with van der Waals surface area (Å²) in [5.41, 5.74) is 3.18. The normalized spacial score (nSPS) is 16.6. The lowest BCUT2D eigenvalue weighted by Gasteiger charge is -2.22. The van der Waals surface area contributed by atoms with Crippen molar-refractivity contribution in [1.29, 1.82) is 0 Å². The minimum atomic E-state index is 0.121. The molecular weight excluding hydrogens is 308 g/mol. The minimum absolute atomic E-state index is 0.121. The Morgan fingerprint density at radius 2 is 1.80 bits per heavy atom. The maximum absolute atomic E-state index is 13.2. The van der Waals surface area contributed by atoms with E-state index < -0.39 is 0 Å². The van der Waals surface area contributed by atoms with Crippen molar-refractivity contribution >= 4 is 16.8 Å². The standard InChI is InChI=1S/C22H32N2O/c1-3-4-16-24-20-15-11-10-14-19(20)17(2)21(24)22(25)23-18-12-8-6-5-7-9-13-18/h10-11,14-15,18H,3-9,12-13,16H2,1-2H3,(H,23,25). The summed E-state index contributed by atoms with van der Waals surface area (Å²) >= 11 is 0. The second-order valence-electron chi connectivity index (χ2n) is 7.51. The SMILES string of the molecule is CCCCn1c(C(=O)NC2CCCCCCC2)c(C)c2ccccc21. The van der Waals surface area contributed by atoms with Crippen molar-refractivity contribution in [2.24, 2.45) is 0 Å². The highest BCUT2D eigenvalue weighted by molar-refractivity contribution is 6.01. The number of nitrogens with one attached hydrogen (secondary N) is 1. The van der Waals surface area contributed by atoms with Crippen LogP contribution >= 0.6 is 0 Å². The molecule has 0 spiro atoms. The summed E-state index contributed by atoms with van der Waals surface area (Å²) in [7, 11) is 0. The van der Waals surface area contributed by atoms with Gasteiger partial charge in [0.05, 0.1) is 0 Å². The number of unbranched alkanes of at least 4 members (excludes halogenated alkanes) is 1. The highest BCUT2D eigenvalue weighted by Crippen LogP contribution is 2.27. The van der Waals surface area contributed by atoms with Gasteiger partial charge in [0.25, 0.3) is 5.91 Å². The Hall–Kier alpha value is -1.77. The van der Waals surface area contributed by atoms with Crippen molar-refractivity contribution < 1.29 is 4.79 Å². The highest BCUT2D eigenvalue weighted by Gasteiger charge is 2.22. The third-order valence-electron chi connectivity index (χ3n) is 5.61. The first-order chi connectivity index (χ1) is 12.2. The van der Waals surface area contributed by atoms with Gasteiger partial charge in [0, 0.05) is 23.5 Å². The number of benzene rings is 1. The fourth-order valence-electron chi connectivity index (χ4n) is 4.17. The lowest BCUT2D eigenvalue weighted by atomic mass is 9.96. The molecule has 0 unspecified atom stereocenters. The minimum Gasteiger partial charge on any atom is -0.348 e. The van der Waals surface area contributed by atoms with E-state index in [4.69, 9.17) is 0 Å². The van der Waals surface area contributed by atoms with Crippen LogP contribution in [0.5, 0.6) is 0 Å². The number of carbonyl (C=O) groups excluding carboxylic acids is 1. The molecule has 3 nitrogen and oxygen atoms in total. The van der Waals surface area contributed by atoms with E-state index >= 15 is 0 Å². The van der Waals surface area contributed by atoms with E-state index in [-0.39, 0.29) is 5.91 Å². The smallest absolute Gasteiger partial charge is 0.268 e. The fourth-order valence-corrected chi connectivity index (χ4v) is 4.17. The van der Waals surface area contributed by atoms with Crippen LogP contribution < -0.4 is 5.32 Å². The van der Waals surface area contributed by atoms with Crippen molar-refractivity contribution in [3.8, 4) is 0 Å². The van der Waals surface area contributed by atoms with Crippen molar-refractivity contribution in [2.75, 3.05) is 0 Å². The predicted octanol–water partition coefficient (Wildman–Crippen LogP) is 5.59. The Morgan fingerprint density at radius 1 is 1.12 bits per heavy atom. The van der Waals surface area contributed by atoms with Gasteiger partial charge in [-0.2, -0.15) is 0 Å². The Kier molecular flexibility index (Phi) is 6.17. The molecule has 0 bridgehead atoms. The quantitative estimate of drug-likeness (QED) is 0.756. The molecule has 0 atom stereocenters. The van der Waals surface area contributed by atoms with Crippen molar-refractivity contribution in [3.63, 3.8) is 0 Å². The van der Waals surface area contributed by atoms with Crippen molar-refractivity contribution in [3.05, 3.63) is 35.5 Å². The van der Waals surface area contributed by atoms with Gasteiger partial charge in [0.2, 0.25) is 0 Å². The number of fused-ring (bicyclic) bond motifs is 1. The zero-order chi connectivity index (χ0) is 17.6. The molecule has 1 heterocycles. The Balaban J connectivity index is 1.87. The summed E-state index contributed by atoms with van der Waals surface area (Å²) in [5, 5.41) is 4.57. The van der Waals surface area contributed by atoms with Gasteiger partial charge in [0.1, 0.15) is 5.69 Å². The molecule has 1 fully saturated rings.